The van der Waals surface area contributed by atoms with Gasteiger partial charge in [0.2, 0.25) is 5.78 Å². The monoisotopic (exact) mass is 465 g/mol. The molecule has 0 radical (unpaired) electrons. The molecule has 0 unspecified atom stereocenters. The second kappa shape index (κ2) is 8.84. The molecule has 0 saturated carbocycles. The maximum atomic E-state index is 14.2. The zero-order valence-electron chi connectivity index (χ0n) is 17.7. The number of aromatic nitrogens is 1. The Labute approximate surface area is 195 Å². The van der Waals surface area contributed by atoms with E-state index in [9.17, 15) is 14.3 Å². The van der Waals surface area contributed by atoms with E-state index in [-0.39, 0.29) is 27.9 Å². The highest BCUT2D eigenvalue weighted by Crippen LogP contribution is 2.40. The van der Waals surface area contributed by atoms with Crippen LogP contribution in [0.5, 0.6) is 11.5 Å². The van der Waals surface area contributed by atoms with Gasteiger partial charge in [-0.2, -0.15) is 0 Å². The summed E-state index contributed by atoms with van der Waals surface area (Å²) >= 11 is 6.10. The molecule has 6 nitrogen and oxygen atoms in total. The van der Waals surface area contributed by atoms with E-state index >= 15 is 0 Å². The molecule has 1 N–H and O–H groups in total. The van der Waals surface area contributed by atoms with Crippen molar-refractivity contribution in [3.05, 3.63) is 88.0 Å². The van der Waals surface area contributed by atoms with E-state index in [1.54, 1.807) is 12.3 Å². The Morgan fingerprint density at radius 3 is 2.64 bits per heavy atom. The standard InChI is InChI=1S/C25H21ClFN3O3/c26-19-4-3-5-20(27)17(19)14-22-24(32)16-7-8-21(31)18(25(16)33-22)15-29-10-12-30(13-11-29)23-6-1-2-9-28-23/h1-9,14,31H,10-13,15H2/b22-14-. The molecule has 2 aliphatic heterocycles. The van der Waals surface area contributed by atoms with Crippen molar-refractivity contribution in [1.82, 2.24) is 9.88 Å². The highest BCUT2D eigenvalue weighted by molar-refractivity contribution is 6.32. The Morgan fingerprint density at radius 1 is 1.09 bits per heavy atom. The molecular weight excluding hydrogens is 445 g/mol. The molecule has 0 amide bonds. The first-order valence-corrected chi connectivity index (χ1v) is 11.0. The van der Waals surface area contributed by atoms with Crippen LogP contribution in [0.3, 0.4) is 0 Å². The van der Waals surface area contributed by atoms with Gasteiger partial charge in [-0.3, -0.25) is 9.69 Å². The number of halogens is 2. The fourth-order valence-corrected chi connectivity index (χ4v) is 4.35. The third kappa shape index (κ3) is 4.17. The number of rotatable bonds is 4. The van der Waals surface area contributed by atoms with Gasteiger partial charge in [0.15, 0.2) is 5.76 Å². The normalized spacial score (nSPS) is 17.3. The number of ketones is 1. The molecule has 2 aromatic carbocycles. The SMILES string of the molecule is O=C1/C(=C/c2c(F)cccc2Cl)Oc2c1ccc(O)c2CN1CCN(c2ccccn2)CC1. The van der Waals surface area contributed by atoms with E-state index in [0.29, 0.717) is 23.4 Å². The van der Waals surface area contributed by atoms with E-state index in [2.05, 4.69) is 14.8 Å². The summed E-state index contributed by atoms with van der Waals surface area (Å²) in [4.78, 5) is 21.7. The van der Waals surface area contributed by atoms with Crippen LogP contribution in [0.25, 0.3) is 6.08 Å². The van der Waals surface area contributed by atoms with Gasteiger partial charge in [0.05, 0.1) is 16.1 Å². The minimum absolute atomic E-state index is 0.0242. The van der Waals surface area contributed by atoms with Gasteiger partial charge in [-0.25, -0.2) is 9.37 Å². The number of hydrogen-bond donors (Lipinski definition) is 1. The molecule has 3 heterocycles. The largest absolute Gasteiger partial charge is 0.507 e. The molecule has 2 aliphatic rings. The van der Waals surface area contributed by atoms with Crippen LogP contribution in [0.4, 0.5) is 10.2 Å². The molecular formula is C25H21ClFN3O3. The first-order chi connectivity index (χ1) is 16.0. The number of carbonyl (C=O) groups excluding carboxylic acids is 1. The maximum absolute atomic E-state index is 14.2. The van der Waals surface area contributed by atoms with Crippen molar-refractivity contribution in [2.45, 2.75) is 6.54 Å². The fraction of sp³-hybridized carbons (Fsp3) is 0.200. The van der Waals surface area contributed by atoms with Crippen molar-refractivity contribution in [3.63, 3.8) is 0 Å². The molecule has 0 aliphatic carbocycles. The number of nitrogens with zero attached hydrogens (tertiary/aromatic N) is 3. The number of piperazine rings is 1. The van der Waals surface area contributed by atoms with E-state index in [4.69, 9.17) is 16.3 Å². The van der Waals surface area contributed by atoms with Crippen molar-refractivity contribution in [2.24, 2.45) is 0 Å². The third-order valence-corrected chi connectivity index (χ3v) is 6.25. The maximum Gasteiger partial charge on any atom is 0.231 e. The summed E-state index contributed by atoms with van der Waals surface area (Å²) in [6, 6.07) is 13.2. The number of phenols is 1. The molecule has 0 bridgehead atoms. The van der Waals surface area contributed by atoms with Gasteiger partial charge >= 0.3 is 0 Å². The number of pyridine rings is 1. The zero-order valence-corrected chi connectivity index (χ0v) is 18.4. The van der Waals surface area contributed by atoms with Crippen LogP contribution in [0.15, 0.2) is 60.5 Å². The number of allylic oxidation sites excluding steroid dienone is 1. The summed E-state index contributed by atoms with van der Waals surface area (Å²) in [5, 5.41) is 10.7. The van der Waals surface area contributed by atoms with Crippen LogP contribution < -0.4 is 9.64 Å². The van der Waals surface area contributed by atoms with Crippen LogP contribution in [-0.2, 0) is 6.54 Å². The minimum Gasteiger partial charge on any atom is -0.507 e. The van der Waals surface area contributed by atoms with Gasteiger partial charge in [0.1, 0.15) is 23.1 Å². The Balaban J connectivity index is 1.36. The van der Waals surface area contributed by atoms with Gasteiger partial charge in [0, 0.05) is 44.5 Å². The van der Waals surface area contributed by atoms with Crippen LogP contribution in [0, 0.1) is 5.82 Å². The Morgan fingerprint density at radius 2 is 1.91 bits per heavy atom. The number of hydrogen-bond acceptors (Lipinski definition) is 6. The van der Waals surface area contributed by atoms with E-state index < -0.39 is 5.82 Å². The number of carbonyl (C=O) groups is 1. The number of anilines is 1. The van der Waals surface area contributed by atoms with Crippen molar-refractivity contribution >= 4 is 29.3 Å². The summed E-state index contributed by atoms with van der Waals surface area (Å²) < 4.78 is 20.1. The molecule has 1 fully saturated rings. The lowest BCUT2D eigenvalue weighted by Gasteiger charge is -2.35. The number of Topliss-reactive ketones (excluding diaryl/α,β-unsaturated/α-hetero) is 1. The van der Waals surface area contributed by atoms with Gasteiger partial charge < -0.3 is 14.7 Å². The quantitative estimate of drug-likeness (QED) is 0.571. The van der Waals surface area contributed by atoms with E-state index in [1.807, 2.05) is 18.2 Å². The summed E-state index contributed by atoms with van der Waals surface area (Å²) in [5.74, 6) is 0.367. The summed E-state index contributed by atoms with van der Waals surface area (Å²) in [5.41, 5.74) is 0.968. The highest BCUT2D eigenvalue weighted by Gasteiger charge is 2.32. The minimum atomic E-state index is -0.545. The number of fused-ring (bicyclic) bond motifs is 1. The average molecular weight is 466 g/mol. The smallest absolute Gasteiger partial charge is 0.231 e. The molecule has 3 aromatic rings. The highest BCUT2D eigenvalue weighted by atomic mass is 35.5. The molecule has 0 spiro atoms. The van der Waals surface area contributed by atoms with E-state index in [0.717, 1.165) is 32.0 Å². The van der Waals surface area contributed by atoms with Gasteiger partial charge in [-0.05, 0) is 42.5 Å². The Bertz CT molecular complexity index is 1220. The van der Waals surface area contributed by atoms with E-state index in [1.165, 1.54) is 30.3 Å². The number of benzene rings is 2. The van der Waals surface area contributed by atoms with Gasteiger partial charge in [-0.15, -0.1) is 0 Å². The second-order valence-corrected chi connectivity index (χ2v) is 8.37. The van der Waals surface area contributed by atoms with Crippen molar-refractivity contribution in [3.8, 4) is 11.5 Å². The number of aromatic hydroxyl groups is 1. The lowest BCUT2D eigenvalue weighted by molar-refractivity contribution is 0.101. The molecule has 8 heteroatoms. The van der Waals surface area contributed by atoms with Crippen molar-refractivity contribution in [2.75, 3.05) is 31.1 Å². The lowest BCUT2D eigenvalue weighted by atomic mass is 10.0. The van der Waals surface area contributed by atoms with Crippen LogP contribution in [0.1, 0.15) is 21.5 Å². The molecule has 0 atom stereocenters. The second-order valence-electron chi connectivity index (χ2n) is 7.97. The first-order valence-electron chi connectivity index (χ1n) is 10.6. The zero-order chi connectivity index (χ0) is 22.9. The van der Waals surface area contributed by atoms with Crippen LogP contribution >= 0.6 is 11.6 Å². The Kier molecular flexibility index (Phi) is 5.74. The van der Waals surface area contributed by atoms with Crippen LogP contribution in [-0.4, -0.2) is 47.0 Å². The molecule has 168 valence electrons. The predicted octanol–water partition coefficient (Wildman–Crippen LogP) is 4.52. The fourth-order valence-electron chi connectivity index (χ4n) is 4.13. The van der Waals surface area contributed by atoms with Crippen molar-refractivity contribution in [1.29, 1.82) is 0 Å². The topological polar surface area (TPSA) is 65.9 Å². The summed E-state index contributed by atoms with van der Waals surface area (Å²) in [6.07, 6.45) is 3.09. The van der Waals surface area contributed by atoms with Gasteiger partial charge in [-0.1, -0.05) is 23.7 Å². The van der Waals surface area contributed by atoms with Crippen molar-refractivity contribution < 1.29 is 19.0 Å². The predicted molar refractivity (Wildman–Crippen MR) is 124 cm³/mol. The summed E-state index contributed by atoms with van der Waals surface area (Å²) in [6.45, 7) is 3.54. The summed E-state index contributed by atoms with van der Waals surface area (Å²) in [7, 11) is 0. The average Bonchev–Trinajstić information content (AvgIpc) is 3.15. The number of ether oxygens (including phenoxy) is 1. The first kappa shape index (κ1) is 21.4. The lowest BCUT2D eigenvalue weighted by Crippen LogP contribution is -2.46. The molecule has 33 heavy (non-hydrogen) atoms. The number of phenolic OH excluding ortho intramolecular Hbond substituents is 1. The molecule has 5 rings (SSSR count). The van der Waals surface area contributed by atoms with Crippen LogP contribution in [0.2, 0.25) is 5.02 Å². The molecule has 1 saturated heterocycles. The third-order valence-electron chi connectivity index (χ3n) is 5.92. The molecule has 1 aromatic heterocycles. The Hall–Kier alpha value is -3.42. The van der Waals surface area contributed by atoms with Gasteiger partial charge in [0.25, 0.3) is 0 Å².